The summed E-state index contributed by atoms with van der Waals surface area (Å²) in [7, 11) is 0. The molecular formula is C13H25N3. The van der Waals surface area contributed by atoms with Crippen molar-refractivity contribution in [3.05, 3.63) is 18.2 Å². The zero-order chi connectivity index (χ0) is 12.3. The Labute approximate surface area is 99.1 Å². The second-order valence-corrected chi connectivity index (χ2v) is 5.22. The van der Waals surface area contributed by atoms with Crippen LogP contribution in [0.1, 0.15) is 58.8 Å². The molecule has 0 aliphatic carbocycles. The normalized spacial score (nSPS) is 15.8. The van der Waals surface area contributed by atoms with Crippen LogP contribution in [0.15, 0.2) is 12.5 Å². The third-order valence-electron chi connectivity index (χ3n) is 3.30. The van der Waals surface area contributed by atoms with E-state index in [0.29, 0.717) is 17.9 Å². The summed E-state index contributed by atoms with van der Waals surface area (Å²) < 4.78 is 2.26. The summed E-state index contributed by atoms with van der Waals surface area (Å²) in [6, 6.07) is 0.581. The fourth-order valence-electron chi connectivity index (χ4n) is 2.18. The van der Waals surface area contributed by atoms with Crippen LogP contribution in [0, 0.1) is 11.8 Å². The molecule has 0 bridgehead atoms. The van der Waals surface area contributed by atoms with E-state index in [0.717, 1.165) is 12.1 Å². The lowest BCUT2D eigenvalue weighted by Crippen LogP contribution is -2.24. The van der Waals surface area contributed by atoms with Crippen LogP contribution in [0.4, 0.5) is 0 Å². The van der Waals surface area contributed by atoms with E-state index in [1.165, 1.54) is 0 Å². The van der Waals surface area contributed by atoms with Gasteiger partial charge in [0.25, 0.3) is 0 Å². The molecule has 0 aliphatic rings. The molecule has 0 spiro atoms. The van der Waals surface area contributed by atoms with Gasteiger partial charge in [0.15, 0.2) is 0 Å². The van der Waals surface area contributed by atoms with Crippen LogP contribution in [0.3, 0.4) is 0 Å². The van der Waals surface area contributed by atoms with Crippen LogP contribution < -0.4 is 5.73 Å². The summed E-state index contributed by atoms with van der Waals surface area (Å²) in [5.41, 5.74) is 7.38. The van der Waals surface area contributed by atoms with E-state index in [1.807, 2.05) is 12.5 Å². The maximum absolute atomic E-state index is 6.21. The number of rotatable bonds is 5. The first-order chi connectivity index (χ1) is 7.49. The van der Waals surface area contributed by atoms with Gasteiger partial charge in [-0.1, -0.05) is 34.6 Å². The average Bonchev–Trinajstić information content (AvgIpc) is 2.65. The molecule has 0 saturated carbocycles. The first-order valence-electron chi connectivity index (χ1n) is 6.26. The minimum atomic E-state index is 0.0790. The molecule has 2 atom stereocenters. The van der Waals surface area contributed by atoms with Crippen molar-refractivity contribution < 1.29 is 0 Å². The van der Waals surface area contributed by atoms with Crippen LogP contribution >= 0.6 is 0 Å². The number of nitrogens with zero attached hydrogens (tertiary/aromatic N) is 2. The van der Waals surface area contributed by atoms with Crippen LogP contribution in [0.2, 0.25) is 0 Å². The second kappa shape index (κ2) is 5.48. The number of imidazole rings is 1. The van der Waals surface area contributed by atoms with Crippen LogP contribution in [0.5, 0.6) is 0 Å². The van der Waals surface area contributed by atoms with Crippen molar-refractivity contribution in [2.75, 3.05) is 0 Å². The third-order valence-corrected chi connectivity index (χ3v) is 3.30. The molecule has 0 fully saturated rings. The highest BCUT2D eigenvalue weighted by atomic mass is 15.1. The van der Waals surface area contributed by atoms with Crippen molar-refractivity contribution >= 4 is 0 Å². The Balaban J connectivity index is 3.01. The standard InChI is InChI=1S/C13H25N3/c1-6-11(9(2)3)16-8-15-7-12(16)13(14)10(4)5/h7-11,13H,6,14H2,1-5H3. The Bertz CT molecular complexity index is 315. The SMILES string of the molecule is CCC(C(C)C)n1cncc1C(N)C(C)C. The zero-order valence-corrected chi connectivity index (χ0v) is 11.1. The molecule has 0 aliphatic heterocycles. The molecule has 1 heterocycles. The van der Waals surface area contributed by atoms with Crippen molar-refractivity contribution in [1.82, 2.24) is 9.55 Å². The monoisotopic (exact) mass is 223 g/mol. The molecule has 1 aromatic rings. The molecule has 0 radical (unpaired) electrons. The fourth-order valence-corrected chi connectivity index (χ4v) is 2.18. The van der Waals surface area contributed by atoms with Gasteiger partial charge in [-0.3, -0.25) is 0 Å². The van der Waals surface area contributed by atoms with Crippen LogP contribution in [-0.4, -0.2) is 9.55 Å². The van der Waals surface area contributed by atoms with Gasteiger partial charge in [0.05, 0.1) is 12.0 Å². The van der Waals surface area contributed by atoms with Crippen molar-refractivity contribution in [3.63, 3.8) is 0 Å². The van der Waals surface area contributed by atoms with Crippen LogP contribution in [0.25, 0.3) is 0 Å². The van der Waals surface area contributed by atoms with Gasteiger partial charge in [0, 0.05) is 18.3 Å². The van der Waals surface area contributed by atoms with E-state index < -0.39 is 0 Å². The lowest BCUT2D eigenvalue weighted by molar-refractivity contribution is 0.342. The Morgan fingerprint density at radius 2 is 1.88 bits per heavy atom. The Morgan fingerprint density at radius 3 is 2.31 bits per heavy atom. The molecule has 2 unspecified atom stereocenters. The third kappa shape index (κ3) is 2.64. The van der Waals surface area contributed by atoms with Gasteiger partial charge in [-0.05, 0) is 18.3 Å². The minimum absolute atomic E-state index is 0.0790. The predicted octanol–water partition coefficient (Wildman–Crippen LogP) is 3.15. The van der Waals surface area contributed by atoms with Gasteiger partial charge in [-0.2, -0.15) is 0 Å². The Morgan fingerprint density at radius 1 is 1.25 bits per heavy atom. The van der Waals surface area contributed by atoms with E-state index in [9.17, 15) is 0 Å². The molecule has 0 aromatic carbocycles. The summed E-state index contributed by atoms with van der Waals surface area (Å²) in [5.74, 6) is 1.05. The van der Waals surface area contributed by atoms with E-state index in [2.05, 4.69) is 44.2 Å². The van der Waals surface area contributed by atoms with Gasteiger partial charge in [-0.25, -0.2) is 4.98 Å². The number of hydrogen-bond donors (Lipinski definition) is 1. The maximum Gasteiger partial charge on any atom is 0.0951 e. The van der Waals surface area contributed by atoms with Crippen molar-refractivity contribution in [3.8, 4) is 0 Å². The summed E-state index contributed by atoms with van der Waals surface area (Å²) in [4.78, 5) is 4.26. The quantitative estimate of drug-likeness (QED) is 0.833. The number of hydrogen-bond acceptors (Lipinski definition) is 2. The molecule has 92 valence electrons. The smallest absolute Gasteiger partial charge is 0.0951 e. The van der Waals surface area contributed by atoms with Crippen molar-refractivity contribution in [1.29, 1.82) is 0 Å². The summed E-state index contributed by atoms with van der Waals surface area (Å²) >= 11 is 0. The van der Waals surface area contributed by atoms with E-state index >= 15 is 0 Å². The molecule has 3 heteroatoms. The summed E-state index contributed by atoms with van der Waals surface area (Å²) in [6.45, 7) is 11.0. The summed E-state index contributed by atoms with van der Waals surface area (Å²) in [6.07, 6.45) is 4.95. The van der Waals surface area contributed by atoms with Gasteiger partial charge >= 0.3 is 0 Å². The molecule has 0 saturated heterocycles. The van der Waals surface area contributed by atoms with E-state index in [-0.39, 0.29) is 6.04 Å². The first-order valence-corrected chi connectivity index (χ1v) is 6.26. The molecule has 1 aromatic heterocycles. The molecule has 3 nitrogen and oxygen atoms in total. The lowest BCUT2D eigenvalue weighted by atomic mass is 9.98. The van der Waals surface area contributed by atoms with Crippen molar-refractivity contribution in [2.24, 2.45) is 17.6 Å². The van der Waals surface area contributed by atoms with E-state index in [4.69, 9.17) is 5.73 Å². The highest BCUT2D eigenvalue weighted by Gasteiger charge is 2.21. The Hall–Kier alpha value is -0.830. The molecule has 2 N–H and O–H groups in total. The average molecular weight is 223 g/mol. The van der Waals surface area contributed by atoms with Crippen LogP contribution in [-0.2, 0) is 0 Å². The van der Waals surface area contributed by atoms with Gasteiger partial charge < -0.3 is 10.3 Å². The molecule has 0 amide bonds. The van der Waals surface area contributed by atoms with Gasteiger partial charge in [0.1, 0.15) is 0 Å². The fraction of sp³-hybridized carbons (Fsp3) is 0.769. The maximum atomic E-state index is 6.21. The first kappa shape index (κ1) is 13.2. The molecule has 16 heavy (non-hydrogen) atoms. The largest absolute Gasteiger partial charge is 0.330 e. The topological polar surface area (TPSA) is 43.8 Å². The van der Waals surface area contributed by atoms with Crippen molar-refractivity contribution in [2.45, 2.75) is 53.1 Å². The summed E-state index contributed by atoms with van der Waals surface area (Å²) in [5, 5.41) is 0. The highest BCUT2D eigenvalue weighted by molar-refractivity contribution is 5.07. The number of nitrogens with two attached hydrogens (primary N) is 1. The predicted molar refractivity (Wildman–Crippen MR) is 68.2 cm³/mol. The van der Waals surface area contributed by atoms with Gasteiger partial charge in [-0.15, -0.1) is 0 Å². The minimum Gasteiger partial charge on any atom is -0.330 e. The lowest BCUT2D eigenvalue weighted by Gasteiger charge is -2.26. The van der Waals surface area contributed by atoms with E-state index in [1.54, 1.807) is 0 Å². The molecular weight excluding hydrogens is 198 g/mol. The Kier molecular flexibility index (Phi) is 4.54. The zero-order valence-electron chi connectivity index (χ0n) is 11.1. The second-order valence-electron chi connectivity index (χ2n) is 5.22. The van der Waals surface area contributed by atoms with Gasteiger partial charge in [0.2, 0.25) is 0 Å². The molecule has 1 rings (SSSR count). The highest BCUT2D eigenvalue weighted by Crippen LogP contribution is 2.27. The number of aromatic nitrogens is 2.